The molecule has 0 aliphatic heterocycles. The van der Waals surface area contributed by atoms with E-state index in [0.717, 1.165) is 18.8 Å². The summed E-state index contributed by atoms with van der Waals surface area (Å²) < 4.78 is 5.48. The maximum atomic E-state index is 11.7. The summed E-state index contributed by atoms with van der Waals surface area (Å²) in [6.07, 6.45) is 0. The van der Waals surface area contributed by atoms with Crippen LogP contribution in [-0.4, -0.2) is 25.1 Å². The van der Waals surface area contributed by atoms with E-state index < -0.39 is 0 Å². The molecule has 4 nitrogen and oxygen atoms in total. The molecule has 0 saturated heterocycles. The van der Waals surface area contributed by atoms with Crippen LogP contribution in [-0.2, 0) is 11.3 Å². The lowest BCUT2D eigenvalue weighted by molar-refractivity contribution is -0.124. The Bertz CT molecular complexity index is 401. The smallest absolute Gasteiger partial charge is 0.258 e. The molecule has 0 aliphatic carbocycles. The largest absolute Gasteiger partial charge is 0.484 e. The Labute approximate surface area is 121 Å². The first-order chi connectivity index (χ1) is 9.52. The van der Waals surface area contributed by atoms with Crippen molar-refractivity contribution in [1.82, 2.24) is 10.6 Å². The lowest BCUT2D eigenvalue weighted by Gasteiger charge is -2.17. The second-order valence-electron chi connectivity index (χ2n) is 5.31. The van der Waals surface area contributed by atoms with Crippen molar-refractivity contribution in [2.45, 2.75) is 40.3 Å². The van der Waals surface area contributed by atoms with Gasteiger partial charge in [-0.3, -0.25) is 4.79 Å². The molecule has 1 unspecified atom stereocenters. The Morgan fingerprint density at radius 3 is 2.40 bits per heavy atom. The highest BCUT2D eigenvalue weighted by Gasteiger charge is 2.10. The molecular weight excluding hydrogens is 252 g/mol. The van der Waals surface area contributed by atoms with Gasteiger partial charge in [0.05, 0.1) is 0 Å². The second kappa shape index (κ2) is 8.59. The Morgan fingerprint density at radius 1 is 1.20 bits per heavy atom. The number of rotatable bonds is 8. The fraction of sp³-hybridized carbons (Fsp3) is 0.562. The molecule has 20 heavy (non-hydrogen) atoms. The molecule has 0 aliphatic rings. The van der Waals surface area contributed by atoms with Crippen LogP contribution in [0.5, 0.6) is 5.75 Å². The van der Waals surface area contributed by atoms with E-state index in [-0.39, 0.29) is 18.6 Å². The highest BCUT2D eigenvalue weighted by Crippen LogP contribution is 2.12. The molecule has 0 spiro atoms. The summed E-state index contributed by atoms with van der Waals surface area (Å²) in [6, 6.07) is 7.96. The van der Waals surface area contributed by atoms with Crippen molar-refractivity contribution in [3.05, 3.63) is 29.8 Å². The predicted octanol–water partition coefficient (Wildman–Crippen LogP) is 2.34. The van der Waals surface area contributed by atoms with Gasteiger partial charge in [0.15, 0.2) is 6.61 Å². The first kappa shape index (κ1) is 16.5. The number of hydrogen-bond acceptors (Lipinski definition) is 3. The van der Waals surface area contributed by atoms with E-state index in [0.29, 0.717) is 5.92 Å². The van der Waals surface area contributed by atoms with Gasteiger partial charge >= 0.3 is 0 Å². The van der Waals surface area contributed by atoms with Crippen molar-refractivity contribution in [2.24, 2.45) is 5.92 Å². The van der Waals surface area contributed by atoms with Crippen molar-refractivity contribution in [3.8, 4) is 5.75 Å². The van der Waals surface area contributed by atoms with Gasteiger partial charge in [0.1, 0.15) is 5.75 Å². The molecule has 0 saturated carbocycles. The molecule has 1 atom stereocenters. The van der Waals surface area contributed by atoms with Gasteiger partial charge in [-0.25, -0.2) is 0 Å². The van der Waals surface area contributed by atoms with Gasteiger partial charge < -0.3 is 15.4 Å². The molecule has 0 bridgehead atoms. The van der Waals surface area contributed by atoms with Gasteiger partial charge in [-0.2, -0.15) is 0 Å². The summed E-state index contributed by atoms with van der Waals surface area (Å²) in [5.74, 6) is 1.06. The minimum absolute atomic E-state index is 0.0591. The first-order valence-corrected chi connectivity index (χ1v) is 7.24. The minimum Gasteiger partial charge on any atom is -0.484 e. The molecule has 0 radical (unpaired) electrons. The Morgan fingerprint density at radius 2 is 1.85 bits per heavy atom. The molecule has 0 aromatic heterocycles. The summed E-state index contributed by atoms with van der Waals surface area (Å²) in [7, 11) is 0. The van der Waals surface area contributed by atoms with Crippen LogP contribution < -0.4 is 15.4 Å². The molecule has 1 aromatic rings. The van der Waals surface area contributed by atoms with Crippen LogP contribution in [0.1, 0.15) is 33.3 Å². The number of ether oxygens (including phenoxy) is 1. The molecule has 4 heteroatoms. The lowest BCUT2D eigenvalue weighted by atomic mass is 10.1. The molecular formula is C16H26N2O2. The topological polar surface area (TPSA) is 50.4 Å². The zero-order valence-corrected chi connectivity index (χ0v) is 12.9. The minimum atomic E-state index is -0.0806. The molecule has 1 aromatic carbocycles. The Kier molecular flexibility index (Phi) is 7.09. The van der Waals surface area contributed by atoms with E-state index in [1.807, 2.05) is 31.2 Å². The van der Waals surface area contributed by atoms with Crippen LogP contribution in [0, 0.1) is 5.92 Å². The fourth-order valence-corrected chi connectivity index (χ4v) is 1.58. The zero-order chi connectivity index (χ0) is 15.0. The van der Waals surface area contributed by atoms with Gasteiger partial charge in [-0.15, -0.1) is 0 Å². The average molecular weight is 278 g/mol. The van der Waals surface area contributed by atoms with Gasteiger partial charge in [-0.05, 0) is 37.1 Å². The third-order valence-electron chi connectivity index (χ3n) is 3.26. The van der Waals surface area contributed by atoms with Gasteiger partial charge in [0.25, 0.3) is 5.91 Å². The molecule has 1 amide bonds. The van der Waals surface area contributed by atoms with Crippen LogP contribution in [0.2, 0.25) is 0 Å². The predicted molar refractivity (Wildman–Crippen MR) is 81.8 cm³/mol. The highest BCUT2D eigenvalue weighted by molar-refractivity contribution is 5.77. The second-order valence-corrected chi connectivity index (χ2v) is 5.31. The molecule has 0 heterocycles. The van der Waals surface area contributed by atoms with Gasteiger partial charge in [-0.1, -0.05) is 32.9 Å². The van der Waals surface area contributed by atoms with Crippen LogP contribution in [0.15, 0.2) is 24.3 Å². The van der Waals surface area contributed by atoms with Crippen LogP contribution in [0.3, 0.4) is 0 Å². The van der Waals surface area contributed by atoms with Gasteiger partial charge in [0, 0.05) is 12.6 Å². The number of carbonyl (C=O) groups excluding carboxylic acids is 1. The maximum absolute atomic E-state index is 11.7. The van der Waals surface area contributed by atoms with Crippen molar-refractivity contribution in [1.29, 1.82) is 0 Å². The van der Waals surface area contributed by atoms with E-state index >= 15 is 0 Å². The molecule has 0 fully saturated rings. The number of carbonyl (C=O) groups is 1. The van der Waals surface area contributed by atoms with Crippen LogP contribution in [0.25, 0.3) is 0 Å². The summed E-state index contributed by atoms with van der Waals surface area (Å²) >= 11 is 0. The maximum Gasteiger partial charge on any atom is 0.258 e. The average Bonchev–Trinajstić information content (AvgIpc) is 2.43. The normalized spacial score (nSPS) is 12.2. The van der Waals surface area contributed by atoms with Crippen molar-refractivity contribution in [3.63, 3.8) is 0 Å². The van der Waals surface area contributed by atoms with Crippen molar-refractivity contribution >= 4 is 5.91 Å². The number of benzene rings is 1. The van der Waals surface area contributed by atoms with E-state index in [1.54, 1.807) is 0 Å². The van der Waals surface area contributed by atoms with E-state index in [2.05, 4.69) is 31.4 Å². The quantitative estimate of drug-likeness (QED) is 0.767. The summed E-state index contributed by atoms with van der Waals surface area (Å²) in [5, 5.41) is 6.18. The van der Waals surface area contributed by atoms with E-state index in [1.165, 1.54) is 5.56 Å². The molecule has 112 valence electrons. The summed E-state index contributed by atoms with van der Waals surface area (Å²) in [4.78, 5) is 11.7. The third kappa shape index (κ3) is 6.06. The van der Waals surface area contributed by atoms with E-state index in [4.69, 9.17) is 4.74 Å². The van der Waals surface area contributed by atoms with Crippen LogP contribution >= 0.6 is 0 Å². The number of hydrogen-bond donors (Lipinski definition) is 2. The SMILES string of the molecule is CCNCc1ccc(OCC(=O)NC(C)C(C)C)cc1. The number of nitrogens with one attached hydrogen (secondary N) is 2. The van der Waals surface area contributed by atoms with Crippen LogP contribution in [0.4, 0.5) is 0 Å². The third-order valence-corrected chi connectivity index (χ3v) is 3.26. The monoisotopic (exact) mass is 278 g/mol. The van der Waals surface area contributed by atoms with Crippen molar-refractivity contribution < 1.29 is 9.53 Å². The zero-order valence-electron chi connectivity index (χ0n) is 12.9. The van der Waals surface area contributed by atoms with E-state index in [9.17, 15) is 4.79 Å². The number of amides is 1. The van der Waals surface area contributed by atoms with Crippen molar-refractivity contribution in [2.75, 3.05) is 13.2 Å². The molecule has 2 N–H and O–H groups in total. The first-order valence-electron chi connectivity index (χ1n) is 7.24. The summed E-state index contributed by atoms with van der Waals surface area (Å²) in [5.41, 5.74) is 1.21. The Hall–Kier alpha value is -1.55. The highest BCUT2D eigenvalue weighted by atomic mass is 16.5. The lowest BCUT2D eigenvalue weighted by Crippen LogP contribution is -2.38. The molecule has 1 rings (SSSR count). The van der Waals surface area contributed by atoms with Gasteiger partial charge in [0.2, 0.25) is 0 Å². The fourth-order valence-electron chi connectivity index (χ4n) is 1.58. The standard InChI is InChI=1S/C16H26N2O2/c1-5-17-10-14-6-8-15(9-7-14)20-11-16(19)18-13(4)12(2)3/h6-9,12-13,17H,5,10-11H2,1-4H3,(H,18,19). The Balaban J connectivity index is 2.36. The summed E-state index contributed by atoms with van der Waals surface area (Å²) in [6.45, 7) is 10.1.